The predicted molar refractivity (Wildman–Crippen MR) is 81.1 cm³/mol. The van der Waals surface area contributed by atoms with E-state index < -0.39 is 0 Å². The van der Waals surface area contributed by atoms with Gasteiger partial charge in [0.2, 0.25) is 5.91 Å². The summed E-state index contributed by atoms with van der Waals surface area (Å²) in [6, 6.07) is 15.5. The summed E-state index contributed by atoms with van der Waals surface area (Å²) >= 11 is 0. The van der Waals surface area contributed by atoms with Crippen molar-refractivity contribution in [3.8, 4) is 5.75 Å². The number of nitrogens with one attached hydrogen (secondary N) is 1. The van der Waals surface area contributed by atoms with Crippen molar-refractivity contribution in [1.29, 1.82) is 0 Å². The molecule has 3 nitrogen and oxygen atoms in total. The molecule has 3 heteroatoms. The van der Waals surface area contributed by atoms with E-state index in [0.717, 1.165) is 22.6 Å². The molecule has 0 radical (unpaired) electrons. The smallest absolute Gasteiger partial charge is 0.227 e. The average Bonchev–Trinajstić information content (AvgIpc) is 2.38. The Morgan fingerprint density at radius 3 is 2.35 bits per heavy atom. The minimum Gasteiger partial charge on any atom is -0.493 e. The van der Waals surface area contributed by atoms with Gasteiger partial charge in [0.05, 0.1) is 13.0 Å². The van der Waals surface area contributed by atoms with Gasteiger partial charge in [0, 0.05) is 5.69 Å². The molecule has 2 aromatic carbocycles. The van der Waals surface area contributed by atoms with Gasteiger partial charge in [-0.15, -0.1) is 0 Å². The van der Waals surface area contributed by atoms with Gasteiger partial charge in [-0.1, -0.05) is 24.3 Å². The van der Waals surface area contributed by atoms with Crippen LogP contribution < -0.4 is 10.1 Å². The molecule has 0 heterocycles. The number of aryl methyl sites for hydroxylation is 2. The van der Waals surface area contributed by atoms with Crippen molar-refractivity contribution in [3.63, 3.8) is 0 Å². The summed E-state index contributed by atoms with van der Waals surface area (Å²) in [5.74, 6) is 0.774. The van der Waals surface area contributed by atoms with Gasteiger partial charge in [-0.25, -0.2) is 0 Å². The van der Waals surface area contributed by atoms with Gasteiger partial charge in [-0.2, -0.15) is 0 Å². The summed E-state index contributed by atoms with van der Waals surface area (Å²) in [6.07, 6.45) is 0.335. The third-order valence-corrected chi connectivity index (χ3v) is 2.85. The van der Waals surface area contributed by atoms with E-state index in [1.165, 1.54) is 0 Å². The zero-order valence-electron chi connectivity index (χ0n) is 11.8. The third-order valence-electron chi connectivity index (χ3n) is 2.85. The summed E-state index contributed by atoms with van der Waals surface area (Å²) < 4.78 is 5.62. The van der Waals surface area contributed by atoms with Crippen molar-refractivity contribution in [2.45, 2.75) is 20.3 Å². The predicted octanol–water partition coefficient (Wildman–Crippen LogP) is 3.71. The van der Waals surface area contributed by atoms with Crippen LogP contribution in [0.2, 0.25) is 0 Å². The summed E-state index contributed by atoms with van der Waals surface area (Å²) in [5, 5.41) is 2.83. The van der Waals surface area contributed by atoms with Crippen molar-refractivity contribution in [2.75, 3.05) is 11.9 Å². The van der Waals surface area contributed by atoms with Crippen LogP contribution in [0, 0.1) is 13.8 Å². The Hall–Kier alpha value is -2.29. The Balaban J connectivity index is 1.79. The number of para-hydroxylation sites is 1. The number of ether oxygens (including phenoxy) is 1. The van der Waals surface area contributed by atoms with Crippen LogP contribution in [-0.4, -0.2) is 12.5 Å². The Morgan fingerprint density at radius 2 is 1.70 bits per heavy atom. The maximum absolute atomic E-state index is 11.7. The normalized spacial score (nSPS) is 10.1. The molecule has 0 fully saturated rings. The Kier molecular flexibility index (Phi) is 4.77. The number of carbonyl (C=O) groups excluding carboxylic acids is 1. The van der Waals surface area contributed by atoms with Crippen molar-refractivity contribution in [1.82, 2.24) is 0 Å². The van der Waals surface area contributed by atoms with E-state index in [1.807, 2.05) is 56.3 Å². The molecule has 0 spiro atoms. The largest absolute Gasteiger partial charge is 0.493 e. The molecule has 104 valence electrons. The first-order valence-electron chi connectivity index (χ1n) is 6.69. The zero-order valence-corrected chi connectivity index (χ0v) is 11.8. The Bertz CT molecular complexity index is 559. The second kappa shape index (κ2) is 6.75. The lowest BCUT2D eigenvalue weighted by atomic mass is 10.1. The molecule has 0 aromatic heterocycles. The van der Waals surface area contributed by atoms with Crippen LogP contribution in [0.4, 0.5) is 5.69 Å². The minimum atomic E-state index is -0.0411. The molecular weight excluding hydrogens is 250 g/mol. The van der Waals surface area contributed by atoms with Gasteiger partial charge in [0.25, 0.3) is 0 Å². The standard InChI is InChI=1S/C17H19NO2/c1-13-10-14(2)12-16(11-13)20-9-8-17(19)18-15-6-4-3-5-7-15/h3-7,10-12H,8-9H2,1-2H3,(H,18,19). The molecule has 0 aliphatic carbocycles. The second-order valence-electron chi connectivity index (χ2n) is 4.84. The number of benzene rings is 2. The van der Waals surface area contributed by atoms with Crippen molar-refractivity contribution in [2.24, 2.45) is 0 Å². The monoisotopic (exact) mass is 269 g/mol. The molecule has 0 atom stereocenters. The summed E-state index contributed by atoms with van der Waals surface area (Å²) in [5.41, 5.74) is 3.13. The third kappa shape index (κ3) is 4.43. The van der Waals surface area contributed by atoms with E-state index in [0.29, 0.717) is 13.0 Å². The first-order valence-corrected chi connectivity index (χ1v) is 6.69. The summed E-state index contributed by atoms with van der Waals surface area (Å²) in [6.45, 7) is 4.44. The number of rotatable bonds is 5. The molecule has 0 bridgehead atoms. The summed E-state index contributed by atoms with van der Waals surface area (Å²) in [4.78, 5) is 11.7. The maximum Gasteiger partial charge on any atom is 0.227 e. The van der Waals surface area contributed by atoms with Gasteiger partial charge in [0.15, 0.2) is 0 Å². The van der Waals surface area contributed by atoms with E-state index in [-0.39, 0.29) is 5.91 Å². The molecule has 1 amide bonds. The van der Waals surface area contributed by atoms with Crippen LogP contribution in [-0.2, 0) is 4.79 Å². The lowest BCUT2D eigenvalue weighted by Crippen LogP contribution is -2.15. The number of anilines is 1. The fraction of sp³-hybridized carbons (Fsp3) is 0.235. The SMILES string of the molecule is Cc1cc(C)cc(OCCC(=O)Nc2ccccc2)c1. The van der Waals surface area contributed by atoms with Crippen LogP contribution >= 0.6 is 0 Å². The highest BCUT2D eigenvalue weighted by Gasteiger charge is 2.03. The van der Waals surface area contributed by atoms with Gasteiger partial charge in [0.1, 0.15) is 5.75 Å². The number of hydrogen-bond acceptors (Lipinski definition) is 2. The maximum atomic E-state index is 11.7. The average molecular weight is 269 g/mol. The van der Waals surface area contributed by atoms with E-state index in [4.69, 9.17) is 4.74 Å². The lowest BCUT2D eigenvalue weighted by Gasteiger charge is -2.08. The molecule has 2 rings (SSSR count). The molecule has 0 saturated heterocycles. The van der Waals surface area contributed by atoms with Crippen molar-refractivity contribution in [3.05, 3.63) is 59.7 Å². The van der Waals surface area contributed by atoms with Crippen LogP contribution in [0.15, 0.2) is 48.5 Å². The highest BCUT2D eigenvalue weighted by atomic mass is 16.5. The van der Waals surface area contributed by atoms with Gasteiger partial charge in [-0.3, -0.25) is 4.79 Å². The highest BCUT2D eigenvalue weighted by molar-refractivity contribution is 5.90. The molecule has 1 N–H and O–H groups in total. The minimum absolute atomic E-state index is 0.0411. The topological polar surface area (TPSA) is 38.3 Å². The second-order valence-corrected chi connectivity index (χ2v) is 4.84. The van der Waals surface area contributed by atoms with Crippen molar-refractivity contribution >= 4 is 11.6 Å². The lowest BCUT2D eigenvalue weighted by molar-refractivity contribution is -0.116. The molecule has 0 unspecified atom stereocenters. The molecule has 20 heavy (non-hydrogen) atoms. The van der Waals surface area contributed by atoms with Crippen LogP contribution in [0.1, 0.15) is 17.5 Å². The van der Waals surface area contributed by atoms with Crippen LogP contribution in [0.3, 0.4) is 0 Å². The first kappa shape index (κ1) is 14.1. The first-order chi connectivity index (χ1) is 9.63. The molecule has 0 aliphatic heterocycles. The summed E-state index contributed by atoms with van der Waals surface area (Å²) in [7, 11) is 0. The Labute approximate surface area is 119 Å². The number of hydrogen-bond donors (Lipinski definition) is 1. The molecule has 2 aromatic rings. The molecule has 0 saturated carbocycles. The van der Waals surface area contributed by atoms with Gasteiger partial charge >= 0.3 is 0 Å². The van der Waals surface area contributed by atoms with Gasteiger partial charge in [-0.05, 0) is 49.2 Å². The van der Waals surface area contributed by atoms with E-state index >= 15 is 0 Å². The van der Waals surface area contributed by atoms with Crippen LogP contribution in [0.25, 0.3) is 0 Å². The zero-order chi connectivity index (χ0) is 14.4. The van der Waals surface area contributed by atoms with Gasteiger partial charge < -0.3 is 10.1 Å². The number of carbonyl (C=O) groups is 1. The van der Waals surface area contributed by atoms with Crippen LogP contribution in [0.5, 0.6) is 5.75 Å². The fourth-order valence-electron chi connectivity index (χ4n) is 2.02. The highest BCUT2D eigenvalue weighted by Crippen LogP contribution is 2.16. The van der Waals surface area contributed by atoms with Crippen molar-refractivity contribution < 1.29 is 9.53 Å². The molecular formula is C17H19NO2. The molecule has 0 aliphatic rings. The quantitative estimate of drug-likeness (QED) is 0.898. The van der Waals surface area contributed by atoms with E-state index in [1.54, 1.807) is 0 Å². The van der Waals surface area contributed by atoms with E-state index in [9.17, 15) is 4.79 Å². The van der Waals surface area contributed by atoms with E-state index in [2.05, 4.69) is 11.4 Å². The number of amides is 1. The fourth-order valence-corrected chi connectivity index (χ4v) is 2.02. The Morgan fingerprint density at radius 1 is 1.05 bits per heavy atom.